The van der Waals surface area contributed by atoms with Gasteiger partial charge in [-0.05, 0) is 12.1 Å². The van der Waals surface area contributed by atoms with Gasteiger partial charge in [0.15, 0.2) is 5.76 Å². The standard InChI is InChI=1S/C17H11ClO4/c1-21-10-5-4-6-11(9-10)22-17-14(18)15(19)12-7-2-3-8-13(12)16(17)20/h2-9H,1H3. The van der Waals surface area contributed by atoms with Crippen LogP contribution in [0.5, 0.6) is 11.5 Å². The summed E-state index contributed by atoms with van der Waals surface area (Å²) in [5.74, 6) is -0.0614. The number of carbonyl (C=O) groups is 2. The van der Waals surface area contributed by atoms with Crippen molar-refractivity contribution in [2.45, 2.75) is 0 Å². The first-order valence-corrected chi connectivity index (χ1v) is 6.89. The highest BCUT2D eigenvalue weighted by Crippen LogP contribution is 2.31. The molecule has 0 saturated heterocycles. The molecule has 0 spiro atoms. The zero-order valence-corrected chi connectivity index (χ0v) is 12.4. The molecule has 0 saturated carbocycles. The van der Waals surface area contributed by atoms with Crippen LogP contribution in [0, 0.1) is 0 Å². The van der Waals surface area contributed by atoms with Gasteiger partial charge in [-0.2, -0.15) is 0 Å². The topological polar surface area (TPSA) is 52.6 Å². The van der Waals surface area contributed by atoms with Gasteiger partial charge in [0.1, 0.15) is 16.5 Å². The number of ketones is 2. The number of hydrogen-bond donors (Lipinski definition) is 0. The van der Waals surface area contributed by atoms with Crippen LogP contribution in [0.25, 0.3) is 0 Å². The molecule has 0 bridgehead atoms. The maximum atomic E-state index is 12.5. The van der Waals surface area contributed by atoms with Crippen molar-refractivity contribution in [1.29, 1.82) is 0 Å². The Labute approximate surface area is 131 Å². The fraction of sp³-hybridized carbons (Fsp3) is 0.0588. The number of methoxy groups -OCH3 is 1. The maximum absolute atomic E-state index is 12.5. The van der Waals surface area contributed by atoms with Gasteiger partial charge < -0.3 is 9.47 Å². The molecule has 0 aliphatic heterocycles. The fourth-order valence-electron chi connectivity index (χ4n) is 2.20. The van der Waals surface area contributed by atoms with Crippen LogP contribution in [0.2, 0.25) is 0 Å². The fourth-order valence-corrected chi connectivity index (χ4v) is 2.42. The van der Waals surface area contributed by atoms with Gasteiger partial charge in [0.25, 0.3) is 0 Å². The summed E-state index contributed by atoms with van der Waals surface area (Å²) in [5, 5.41) is -0.216. The molecule has 0 atom stereocenters. The Morgan fingerprint density at radius 3 is 2.18 bits per heavy atom. The van der Waals surface area contributed by atoms with Gasteiger partial charge in [-0.3, -0.25) is 9.59 Å². The van der Waals surface area contributed by atoms with E-state index in [-0.39, 0.29) is 21.9 Å². The summed E-state index contributed by atoms with van der Waals surface area (Å²) in [6, 6.07) is 13.2. The Balaban J connectivity index is 2.01. The van der Waals surface area contributed by atoms with Gasteiger partial charge in [0.05, 0.1) is 7.11 Å². The van der Waals surface area contributed by atoms with E-state index in [1.54, 1.807) is 48.5 Å². The molecule has 5 heteroatoms. The molecule has 0 N–H and O–H groups in total. The quantitative estimate of drug-likeness (QED) is 0.868. The van der Waals surface area contributed by atoms with E-state index in [9.17, 15) is 9.59 Å². The van der Waals surface area contributed by atoms with Crippen molar-refractivity contribution in [3.8, 4) is 11.5 Å². The largest absolute Gasteiger partial charge is 0.497 e. The number of carbonyl (C=O) groups excluding carboxylic acids is 2. The SMILES string of the molecule is COc1cccc(OC2=C(Cl)C(=O)c3ccccc3C2=O)c1. The lowest BCUT2D eigenvalue weighted by Gasteiger charge is -2.18. The zero-order valence-electron chi connectivity index (χ0n) is 11.6. The van der Waals surface area contributed by atoms with E-state index in [4.69, 9.17) is 21.1 Å². The summed E-state index contributed by atoms with van der Waals surface area (Å²) in [7, 11) is 1.52. The molecule has 1 aliphatic carbocycles. The van der Waals surface area contributed by atoms with Crippen LogP contribution in [0.4, 0.5) is 0 Å². The minimum Gasteiger partial charge on any atom is -0.497 e. The van der Waals surface area contributed by atoms with Crippen LogP contribution in [-0.4, -0.2) is 18.7 Å². The van der Waals surface area contributed by atoms with Crippen molar-refractivity contribution < 1.29 is 19.1 Å². The Bertz CT molecular complexity index is 808. The van der Waals surface area contributed by atoms with Crippen LogP contribution in [0.1, 0.15) is 20.7 Å². The number of hydrogen-bond acceptors (Lipinski definition) is 4. The van der Waals surface area contributed by atoms with Crippen molar-refractivity contribution >= 4 is 23.2 Å². The third kappa shape index (κ3) is 2.38. The molecular weight excluding hydrogens is 304 g/mol. The molecule has 2 aromatic carbocycles. The number of benzene rings is 2. The predicted octanol–water partition coefficient (Wildman–Crippen LogP) is 3.60. The van der Waals surface area contributed by atoms with Crippen molar-refractivity contribution in [1.82, 2.24) is 0 Å². The first-order valence-electron chi connectivity index (χ1n) is 6.52. The van der Waals surface area contributed by atoms with E-state index in [1.807, 2.05) is 0 Å². The molecule has 0 radical (unpaired) electrons. The smallest absolute Gasteiger partial charge is 0.230 e. The first-order chi connectivity index (χ1) is 10.6. The van der Waals surface area contributed by atoms with Crippen LogP contribution in [0.3, 0.4) is 0 Å². The number of halogens is 1. The average molecular weight is 315 g/mol. The molecular formula is C17H11ClO4. The molecule has 4 nitrogen and oxygen atoms in total. The second-order valence-corrected chi connectivity index (χ2v) is 5.01. The normalized spacial score (nSPS) is 13.9. The van der Waals surface area contributed by atoms with Gasteiger partial charge in [-0.15, -0.1) is 0 Å². The summed E-state index contributed by atoms with van der Waals surface area (Å²) < 4.78 is 10.6. The van der Waals surface area contributed by atoms with Gasteiger partial charge in [-0.1, -0.05) is 41.9 Å². The lowest BCUT2D eigenvalue weighted by Crippen LogP contribution is -2.23. The molecule has 0 amide bonds. The van der Waals surface area contributed by atoms with Gasteiger partial charge >= 0.3 is 0 Å². The van der Waals surface area contributed by atoms with Gasteiger partial charge in [0, 0.05) is 17.2 Å². The molecule has 0 aromatic heterocycles. The predicted molar refractivity (Wildman–Crippen MR) is 81.6 cm³/mol. The highest BCUT2D eigenvalue weighted by molar-refractivity contribution is 6.49. The van der Waals surface area contributed by atoms with Crippen LogP contribution in [-0.2, 0) is 0 Å². The Hall–Kier alpha value is -2.59. The molecule has 3 rings (SSSR count). The Kier molecular flexibility index (Phi) is 3.69. The molecule has 0 unspecified atom stereocenters. The minimum absolute atomic E-state index is 0.168. The minimum atomic E-state index is -0.422. The molecule has 110 valence electrons. The van der Waals surface area contributed by atoms with E-state index in [0.29, 0.717) is 11.5 Å². The first kappa shape index (κ1) is 14.4. The molecule has 0 fully saturated rings. The Morgan fingerprint density at radius 2 is 1.50 bits per heavy atom. The van der Waals surface area contributed by atoms with Crippen LogP contribution < -0.4 is 9.47 Å². The van der Waals surface area contributed by atoms with E-state index < -0.39 is 11.6 Å². The van der Waals surface area contributed by atoms with Crippen LogP contribution in [0.15, 0.2) is 59.3 Å². The van der Waals surface area contributed by atoms with Crippen LogP contribution >= 0.6 is 11.6 Å². The molecule has 1 aliphatic rings. The molecule has 2 aromatic rings. The van der Waals surface area contributed by atoms with E-state index in [0.717, 1.165) is 0 Å². The van der Waals surface area contributed by atoms with E-state index in [1.165, 1.54) is 7.11 Å². The third-order valence-electron chi connectivity index (χ3n) is 3.28. The number of Topliss-reactive ketones (excluding diaryl/α,β-unsaturated/α-hetero) is 2. The molecule has 22 heavy (non-hydrogen) atoms. The van der Waals surface area contributed by atoms with E-state index >= 15 is 0 Å². The summed E-state index contributed by atoms with van der Waals surface area (Å²) in [4.78, 5) is 24.7. The maximum Gasteiger partial charge on any atom is 0.230 e. The molecule has 0 heterocycles. The number of allylic oxidation sites excluding steroid dienone is 2. The lowest BCUT2D eigenvalue weighted by atomic mass is 9.93. The summed E-state index contributed by atoms with van der Waals surface area (Å²) in [6.07, 6.45) is 0. The third-order valence-corrected chi connectivity index (χ3v) is 3.63. The Morgan fingerprint density at radius 1 is 0.864 bits per heavy atom. The monoisotopic (exact) mass is 314 g/mol. The highest BCUT2D eigenvalue weighted by Gasteiger charge is 2.32. The number of ether oxygens (including phenoxy) is 2. The van der Waals surface area contributed by atoms with E-state index in [2.05, 4.69) is 0 Å². The average Bonchev–Trinajstić information content (AvgIpc) is 2.57. The zero-order chi connectivity index (χ0) is 15.7. The second-order valence-electron chi connectivity index (χ2n) is 4.63. The lowest BCUT2D eigenvalue weighted by molar-refractivity contribution is 0.0943. The number of fused-ring (bicyclic) bond motifs is 1. The number of rotatable bonds is 3. The van der Waals surface area contributed by atoms with Crippen molar-refractivity contribution in [3.63, 3.8) is 0 Å². The van der Waals surface area contributed by atoms with Crippen molar-refractivity contribution in [3.05, 3.63) is 70.4 Å². The highest BCUT2D eigenvalue weighted by atomic mass is 35.5. The summed E-state index contributed by atoms with van der Waals surface area (Å²) in [5.41, 5.74) is 0.574. The van der Waals surface area contributed by atoms with Crippen molar-refractivity contribution in [2.75, 3.05) is 7.11 Å². The summed E-state index contributed by atoms with van der Waals surface area (Å²) >= 11 is 6.03. The van der Waals surface area contributed by atoms with Gasteiger partial charge in [-0.25, -0.2) is 0 Å². The van der Waals surface area contributed by atoms with Gasteiger partial charge in [0.2, 0.25) is 11.6 Å². The summed E-state index contributed by atoms with van der Waals surface area (Å²) in [6.45, 7) is 0. The van der Waals surface area contributed by atoms with Crippen molar-refractivity contribution in [2.24, 2.45) is 0 Å². The second kappa shape index (κ2) is 5.66.